The number of alkyl halides is 1. The van der Waals surface area contributed by atoms with E-state index in [-0.39, 0.29) is 0 Å². The van der Waals surface area contributed by atoms with Gasteiger partial charge in [-0.15, -0.1) is 0 Å². The second-order valence-electron chi connectivity index (χ2n) is 4.92. The summed E-state index contributed by atoms with van der Waals surface area (Å²) >= 11 is 3.59. The number of halogens is 1. The molecule has 1 heterocycles. The summed E-state index contributed by atoms with van der Waals surface area (Å²) in [6.07, 6.45) is 3.92. The van der Waals surface area contributed by atoms with E-state index >= 15 is 0 Å². The summed E-state index contributed by atoms with van der Waals surface area (Å²) < 4.78 is 22.6. The van der Waals surface area contributed by atoms with Gasteiger partial charge in [-0.25, -0.2) is 8.42 Å². The van der Waals surface area contributed by atoms with Crippen molar-refractivity contribution in [3.05, 3.63) is 0 Å². The van der Waals surface area contributed by atoms with Gasteiger partial charge in [-0.05, 0) is 18.3 Å². The molecule has 2 fully saturated rings. The van der Waals surface area contributed by atoms with Crippen molar-refractivity contribution in [1.29, 1.82) is 0 Å². The predicted octanol–water partition coefficient (Wildman–Crippen LogP) is 1.28. The van der Waals surface area contributed by atoms with Crippen LogP contribution in [0, 0.1) is 5.41 Å². The molecule has 1 aliphatic heterocycles. The highest BCUT2D eigenvalue weighted by Gasteiger charge is 2.38. The van der Waals surface area contributed by atoms with Crippen molar-refractivity contribution in [1.82, 2.24) is 4.90 Å². The van der Waals surface area contributed by atoms with Crippen LogP contribution < -0.4 is 0 Å². The highest BCUT2D eigenvalue weighted by atomic mass is 79.9. The predicted molar refractivity (Wildman–Crippen MR) is 65.2 cm³/mol. The summed E-state index contributed by atoms with van der Waals surface area (Å²) in [6, 6.07) is 0. The molecule has 2 aliphatic rings. The molecule has 0 N–H and O–H groups in total. The summed E-state index contributed by atoms with van der Waals surface area (Å²) in [6.45, 7) is 2.54. The van der Waals surface area contributed by atoms with E-state index in [2.05, 4.69) is 20.8 Å². The summed E-state index contributed by atoms with van der Waals surface area (Å²) in [4.78, 5) is 2.32. The fourth-order valence-corrected chi connectivity index (χ4v) is 4.41. The first-order valence-electron chi connectivity index (χ1n) is 5.54. The zero-order chi connectivity index (χ0) is 10.9. The molecule has 1 aliphatic carbocycles. The largest absolute Gasteiger partial charge is 0.301 e. The fraction of sp³-hybridized carbons (Fsp3) is 1.00. The van der Waals surface area contributed by atoms with Crippen LogP contribution in [0.2, 0.25) is 0 Å². The number of sulfone groups is 1. The summed E-state index contributed by atoms with van der Waals surface area (Å²) in [5.41, 5.74) is 0.446. The van der Waals surface area contributed by atoms with E-state index in [9.17, 15) is 8.42 Å². The van der Waals surface area contributed by atoms with E-state index in [4.69, 9.17) is 0 Å². The molecule has 0 amide bonds. The van der Waals surface area contributed by atoms with Gasteiger partial charge in [0.15, 0.2) is 9.84 Å². The van der Waals surface area contributed by atoms with E-state index in [1.54, 1.807) is 0 Å². The molecule has 0 bridgehead atoms. The van der Waals surface area contributed by atoms with Gasteiger partial charge in [0.1, 0.15) is 0 Å². The SMILES string of the molecule is O=S1(=O)CCN(CC2(CBr)CCC2)CC1. The number of hydrogen-bond donors (Lipinski definition) is 0. The summed E-state index contributed by atoms with van der Waals surface area (Å²) in [5.74, 6) is 0.705. The number of hydrogen-bond acceptors (Lipinski definition) is 3. The third-order valence-electron chi connectivity index (χ3n) is 3.69. The topological polar surface area (TPSA) is 37.4 Å². The Kier molecular flexibility index (Phi) is 3.43. The molecule has 0 aromatic heterocycles. The van der Waals surface area contributed by atoms with Gasteiger partial charge in [-0.1, -0.05) is 22.4 Å². The van der Waals surface area contributed by atoms with E-state index in [0.29, 0.717) is 16.9 Å². The van der Waals surface area contributed by atoms with Crippen LogP contribution in [-0.4, -0.2) is 49.8 Å². The van der Waals surface area contributed by atoms with E-state index in [1.807, 2.05) is 0 Å². The van der Waals surface area contributed by atoms with Crippen LogP contribution in [0.25, 0.3) is 0 Å². The van der Waals surface area contributed by atoms with Crippen LogP contribution in [0.1, 0.15) is 19.3 Å². The molecule has 0 aromatic carbocycles. The molecule has 15 heavy (non-hydrogen) atoms. The monoisotopic (exact) mass is 295 g/mol. The quantitative estimate of drug-likeness (QED) is 0.736. The van der Waals surface area contributed by atoms with Gasteiger partial charge in [0.25, 0.3) is 0 Å². The van der Waals surface area contributed by atoms with Gasteiger partial charge >= 0.3 is 0 Å². The Morgan fingerprint density at radius 1 is 1.20 bits per heavy atom. The fourth-order valence-electron chi connectivity index (χ4n) is 2.39. The highest BCUT2D eigenvalue weighted by Crippen LogP contribution is 2.43. The first kappa shape index (κ1) is 11.9. The minimum atomic E-state index is -2.72. The molecule has 0 atom stereocenters. The van der Waals surface area contributed by atoms with Crippen molar-refractivity contribution in [2.24, 2.45) is 5.41 Å². The lowest BCUT2D eigenvalue weighted by molar-refractivity contribution is 0.0962. The molecule has 88 valence electrons. The zero-order valence-corrected chi connectivity index (χ0v) is 11.3. The van der Waals surface area contributed by atoms with Gasteiger partial charge in [0.05, 0.1) is 11.5 Å². The van der Waals surface area contributed by atoms with Crippen LogP contribution in [0.4, 0.5) is 0 Å². The molecular formula is C10H18BrNO2S. The Morgan fingerprint density at radius 3 is 2.20 bits per heavy atom. The average molecular weight is 296 g/mol. The average Bonchev–Trinajstić information content (AvgIpc) is 2.14. The second-order valence-corrected chi connectivity index (χ2v) is 7.78. The maximum absolute atomic E-state index is 11.3. The Morgan fingerprint density at radius 2 is 1.80 bits per heavy atom. The Hall–Kier alpha value is 0.390. The van der Waals surface area contributed by atoms with Crippen molar-refractivity contribution in [3.8, 4) is 0 Å². The Balaban J connectivity index is 1.86. The number of nitrogens with zero attached hydrogens (tertiary/aromatic N) is 1. The van der Waals surface area contributed by atoms with E-state index < -0.39 is 9.84 Å². The normalized spacial score (nSPS) is 29.7. The second kappa shape index (κ2) is 4.34. The molecule has 3 nitrogen and oxygen atoms in total. The van der Waals surface area contributed by atoms with Crippen molar-refractivity contribution < 1.29 is 8.42 Å². The maximum Gasteiger partial charge on any atom is 0.152 e. The molecule has 5 heteroatoms. The smallest absolute Gasteiger partial charge is 0.152 e. The van der Waals surface area contributed by atoms with Crippen LogP contribution in [0.3, 0.4) is 0 Å². The maximum atomic E-state index is 11.3. The highest BCUT2D eigenvalue weighted by molar-refractivity contribution is 9.09. The summed E-state index contributed by atoms with van der Waals surface area (Å²) in [5, 5.41) is 1.06. The molecule has 0 aromatic rings. The molecular weight excluding hydrogens is 278 g/mol. The molecule has 0 spiro atoms. The van der Waals surface area contributed by atoms with Crippen molar-refractivity contribution in [2.75, 3.05) is 36.5 Å². The molecule has 0 unspecified atom stereocenters. The van der Waals surface area contributed by atoms with Gasteiger partial charge in [0.2, 0.25) is 0 Å². The lowest BCUT2D eigenvalue weighted by atomic mass is 9.70. The summed E-state index contributed by atoms with van der Waals surface area (Å²) in [7, 11) is -2.72. The van der Waals surface area contributed by atoms with Gasteiger partial charge < -0.3 is 4.90 Å². The third kappa shape index (κ3) is 2.74. The van der Waals surface area contributed by atoms with Gasteiger partial charge in [0, 0.05) is 25.0 Å². The van der Waals surface area contributed by atoms with Crippen LogP contribution in [0.15, 0.2) is 0 Å². The third-order valence-corrected chi connectivity index (χ3v) is 6.49. The van der Waals surface area contributed by atoms with E-state index in [1.165, 1.54) is 19.3 Å². The minimum absolute atomic E-state index is 0.353. The lowest BCUT2D eigenvalue weighted by Gasteiger charge is -2.44. The molecule has 0 radical (unpaired) electrons. The van der Waals surface area contributed by atoms with Gasteiger partial charge in [-0.3, -0.25) is 0 Å². The van der Waals surface area contributed by atoms with Crippen LogP contribution in [0.5, 0.6) is 0 Å². The molecule has 2 rings (SSSR count). The number of rotatable bonds is 3. The standard InChI is InChI=1S/C10H18BrNO2S/c11-8-10(2-1-3-10)9-12-4-6-15(13,14)7-5-12/h1-9H2. The Bertz CT molecular complexity index is 305. The zero-order valence-electron chi connectivity index (χ0n) is 8.91. The van der Waals surface area contributed by atoms with E-state index in [0.717, 1.165) is 25.0 Å². The molecule has 1 saturated carbocycles. The first-order valence-corrected chi connectivity index (χ1v) is 8.48. The molecule has 1 saturated heterocycles. The van der Waals surface area contributed by atoms with Crippen molar-refractivity contribution in [3.63, 3.8) is 0 Å². The van der Waals surface area contributed by atoms with Gasteiger partial charge in [-0.2, -0.15) is 0 Å². The minimum Gasteiger partial charge on any atom is -0.301 e. The lowest BCUT2D eigenvalue weighted by Crippen LogP contribution is -2.48. The van der Waals surface area contributed by atoms with Crippen molar-refractivity contribution >= 4 is 25.8 Å². The first-order chi connectivity index (χ1) is 7.05. The van der Waals surface area contributed by atoms with Crippen LogP contribution >= 0.6 is 15.9 Å². The van der Waals surface area contributed by atoms with Crippen LogP contribution in [-0.2, 0) is 9.84 Å². The Labute approximate surface area is 100 Å². The van der Waals surface area contributed by atoms with Crippen molar-refractivity contribution in [2.45, 2.75) is 19.3 Å².